The SMILES string of the molecule is Cc1ccc(S(=O)(=O)N2CCC(C(=O)Nc3cccnc3)CC2)c(C)c1. The molecule has 3 rings (SSSR count). The van der Waals surface area contributed by atoms with Crippen LogP contribution in [0, 0.1) is 19.8 Å². The van der Waals surface area contributed by atoms with E-state index < -0.39 is 10.0 Å². The average Bonchev–Trinajstić information content (AvgIpc) is 2.62. The number of sulfonamides is 1. The molecule has 0 spiro atoms. The second-order valence-electron chi connectivity index (χ2n) is 6.68. The van der Waals surface area contributed by atoms with Crippen LogP contribution in [0.25, 0.3) is 0 Å². The van der Waals surface area contributed by atoms with Crippen molar-refractivity contribution in [3.8, 4) is 0 Å². The second-order valence-corrected chi connectivity index (χ2v) is 8.58. The van der Waals surface area contributed by atoms with E-state index in [9.17, 15) is 13.2 Å². The van der Waals surface area contributed by atoms with Crippen LogP contribution in [0.3, 0.4) is 0 Å². The quantitative estimate of drug-likeness (QED) is 0.894. The summed E-state index contributed by atoms with van der Waals surface area (Å²) in [6, 6.07) is 8.90. The molecule has 0 bridgehead atoms. The third kappa shape index (κ3) is 3.94. The molecule has 2 aromatic rings. The zero-order chi connectivity index (χ0) is 18.7. The fraction of sp³-hybridized carbons (Fsp3) is 0.368. The molecule has 1 aliphatic heterocycles. The number of rotatable bonds is 4. The molecular formula is C19H23N3O3S. The highest BCUT2D eigenvalue weighted by Crippen LogP contribution is 2.26. The third-order valence-corrected chi connectivity index (χ3v) is 6.76. The molecule has 1 aromatic carbocycles. The molecule has 1 saturated heterocycles. The Morgan fingerprint density at radius 1 is 1.19 bits per heavy atom. The minimum absolute atomic E-state index is 0.0819. The maximum absolute atomic E-state index is 12.9. The monoisotopic (exact) mass is 373 g/mol. The van der Waals surface area contributed by atoms with Gasteiger partial charge < -0.3 is 5.32 Å². The number of nitrogens with one attached hydrogen (secondary N) is 1. The van der Waals surface area contributed by atoms with Crippen molar-refractivity contribution >= 4 is 21.6 Å². The van der Waals surface area contributed by atoms with Crippen molar-refractivity contribution in [3.05, 3.63) is 53.9 Å². The standard InChI is InChI=1S/C19H23N3O3S/c1-14-5-6-18(15(2)12-14)26(24,25)22-10-7-16(8-11-22)19(23)21-17-4-3-9-20-13-17/h3-6,9,12-13,16H,7-8,10-11H2,1-2H3,(H,21,23). The number of amides is 1. The molecule has 0 radical (unpaired) electrons. The topological polar surface area (TPSA) is 79.4 Å². The summed E-state index contributed by atoms with van der Waals surface area (Å²) in [5.74, 6) is -0.276. The zero-order valence-corrected chi connectivity index (χ0v) is 15.8. The van der Waals surface area contributed by atoms with Crippen molar-refractivity contribution in [1.29, 1.82) is 0 Å². The Morgan fingerprint density at radius 2 is 1.92 bits per heavy atom. The molecule has 1 aliphatic rings. The molecule has 26 heavy (non-hydrogen) atoms. The van der Waals surface area contributed by atoms with Crippen molar-refractivity contribution in [2.45, 2.75) is 31.6 Å². The molecule has 1 N–H and O–H groups in total. The molecule has 7 heteroatoms. The number of hydrogen-bond acceptors (Lipinski definition) is 4. The van der Waals surface area contributed by atoms with Crippen molar-refractivity contribution in [2.75, 3.05) is 18.4 Å². The predicted octanol–water partition coefficient (Wildman–Crippen LogP) is 2.74. The molecular weight excluding hydrogens is 350 g/mol. The first kappa shape index (κ1) is 18.5. The van der Waals surface area contributed by atoms with E-state index in [1.54, 1.807) is 30.6 Å². The van der Waals surface area contributed by atoms with Crippen LogP contribution in [-0.2, 0) is 14.8 Å². The average molecular weight is 373 g/mol. The van der Waals surface area contributed by atoms with Gasteiger partial charge in [0.2, 0.25) is 15.9 Å². The van der Waals surface area contributed by atoms with Crippen molar-refractivity contribution in [2.24, 2.45) is 5.92 Å². The predicted molar refractivity (Wildman–Crippen MR) is 100 cm³/mol. The van der Waals surface area contributed by atoms with Crippen LogP contribution in [0.4, 0.5) is 5.69 Å². The number of nitrogens with zero attached hydrogens (tertiary/aromatic N) is 2. The summed E-state index contributed by atoms with van der Waals surface area (Å²) in [4.78, 5) is 16.7. The van der Waals surface area contributed by atoms with Crippen molar-refractivity contribution in [3.63, 3.8) is 0 Å². The minimum Gasteiger partial charge on any atom is -0.324 e. The van der Waals surface area contributed by atoms with Crippen LogP contribution in [0.2, 0.25) is 0 Å². The van der Waals surface area contributed by atoms with E-state index in [1.165, 1.54) is 4.31 Å². The van der Waals surface area contributed by atoms with Crippen LogP contribution >= 0.6 is 0 Å². The van der Waals surface area contributed by atoms with Gasteiger partial charge in [0.1, 0.15) is 0 Å². The Kier molecular flexibility index (Phi) is 5.38. The van der Waals surface area contributed by atoms with E-state index in [1.807, 2.05) is 26.0 Å². The van der Waals surface area contributed by atoms with E-state index in [-0.39, 0.29) is 11.8 Å². The first-order chi connectivity index (χ1) is 12.4. The summed E-state index contributed by atoms with van der Waals surface area (Å²) in [7, 11) is -3.53. The minimum atomic E-state index is -3.53. The maximum Gasteiger partial charge on any atom is 0.243 e. The van der Waals surface area contributed by atoms with E-state index in [0.717, 1.165) is 11.1 Å². The zero-order valence-electron chi connectivity index (χ0n) is 15.0. The first-order valence-electron chi connectivity index (χ1n) is 8.66. The van der Waals surface area contributed by atoms with Gasteiger partial charge in [0.15, 0.2) is 0 Å². The lowest BCUT2D eigenvalue weighted by molar-refractivity contribution is -0.120. The van der Waals surface area contributed by atoms with Gasteiger partial charge in [-0.2, -0.15) is 4.31 Å². The van der Waals surface area contributed by atoms with Crippen LogP contribution in [0.1, 0.15) is 24.0 Å². The fourth-order valence-electron chi connectivity index (χ4n) is 3.27. The summed E-state index contributed by atoms with van der Waals surface area (Å²) in [6.45, 7) is 4.45. The first-order valence-corrected chi connectivity index (χ1v) is 10.1. The Labute approximate surface area is 154 Å². The molecule has 1 amide bonds. The molecule has 138 valence electrons. The Bertz CT molecular complexity index is 890. The maximum atomic E-state index is 12.9. The van der Waals surface area contributed by atoms with Gasteiger partial charge in [-0.15, -0.1) is 0 Å². The van der Waals surface area contributed by atoms with E-state index in [0.29, 0.717) is 36.5 Å². The molecule has 0 atom stereocenters. The van der Waals surface area contributed by atoms with Gasteiger partial charge >= 0.3 is 0 Å². The number of aryl methyl sites for hydroxylation is 2. The number of pyridine rings is 1. The van der Waals surface area contributed by atoms with Crippen LogP contribution in [0.15, 0.2) is 47.6 Å². The molecule has 0 saturated carbocycles. The Hall–Kier alpha value is -2.25. The number of carbonyl (C=O) groups excluding carboxylic acids is 1. The molecule has 1 fully saturated rings. The van der Waals surface area contributed by atoms with Crippen LogP contribution < -0.4 is 5.32 Å². The number of benzene rings is 1. The van der Waals surface area contributed by atoms with Crippen LogP contribution in [-0.4, -0.2) is 36.7 Å². The van der Waals surface area contributed by atoms with E-state index in [4.69, 9.17) is 0 Å². The van der Waals surface area contributed by atoms with Crippen molar-refractivity contribution in [1.82, 2.24) is 9.29 Å². The van der Waals surface area contributed by atoms with E-state index in [2.05, 4.69) is 10.3 Å². The highest BCUT2D eigenvalue weighted by Gasteiger charge is 2.32. The second kappa shape index (κ2) is 7.55. The normalized spacial score (nSPS) is 16.4. The van der Waals surface area contributed by atoms with Gasteiger partial charge in [0.05, 0.1) is 16.8 Å². The summed E-state index contributed by atoms with van der Waals surface area (Å²) >= 11 is 0. The van der Waals surface area contributed by atoms with Gasteiger partial charge in [-0.1, -0.05) is 17.7 Å². The molecule has 0 unspecified atom stereocenters. The third-order valence-electron chi connectivity index (χ3n) is 4.70. The van der Waals surface area contributed by atoms with Gasteiger partial charge in [-0.25, -0.2) is 8.42 Å². The number of carbonyl (C=O) groups is 1. The number of anilines is 1. The lowest BCUT2D eigenvalue weighted by Gasteiger charge is -2.31. The number of piperidine rings is 1. The molecule has 2 heterocycles. The van der Waals surface area contributed by atoms with Gasteiger partial charge in [-0.05, 0) is 50.5 Å². The molecule has 6 nitrogen and oxygen atoms in total. The van der Waals surface area contributed by atoms with Gasteiger partial charge in [0.25, 0.3) is 0 Å². The van der Waals surface area contributed by atoms with E-state index >= 15 is 0 Å². The molecule has 0 aliphatic carbocycles. The number of hydrogen-bond donors (Lipinski definition) is 1. The lowest BCUT2D eigenvalue weighted by Crippen LogP contribution is -2.41. The highest BCUT2D eigenvalue weighted by atomic mass is 32.2. The lowest BCUT2D eigenvalue weighted by atomic mass is 9.97. The van der Waals surface area contributed by atoms with Gasteiger partial charge in [0, 0.05) is 25.2 Å². The fourth-order valence-corrected chi connectivity index (χ4v) is 4.94. The number of aromatic nitrogens is 1. The van der Waals surface area contributed by atoms with Crippen molar-refractivity contribution < 1.29 is 13.2 Å². The summed E-state index contributed by atoms with van der Waals surface area (Å²) in [5.41, 5.74) is 2.44. The Balaban J connectivity index is 1.65. The summed E-state index contributed by atoms with van der Waals surface area (Å²) < 4.78 is 27.3. The molecule has 1 aromatic heterocycles. The van der Waals surface area contributed by atoms with Crippen LogP contribution in [0.5, 0.6) is 0 Å². The highest BCUT2D eigenvalue weighted by molar-refractivity contribution is 7.89. The Morgan fingerprint density at radius 3 is 2.54 bits per heavy atom. The smallest absolute Gasteiger partial charge is 0.243 e. The summed E-state index contributed by atoms with van der Waals surface area (Å²) in [5, 5.41) is 2.84. The summed E-state index contributed by atoms with van der Waals surface area (Å²) in [6.07, 6.45) is 4.26. The largest absolute Gasteiger partial charge is 0.324 e. The van der Waals surface area contributed by atoms with Gasteiger partial charge in [-0.3, -0.25) is 9.78 Å².